The van der Waals surface area contributed by atoms with Crippen molar-refractivity contribution in [3.63, 3.8) is 0 Å². The first-order chi connectivity index (χ1) is 12.0. The number of rotatable bonds is 8. The summed E-state index contributed by atoms with van der Waals surface area (Å²) in [6.45, 7) is 4.11. The predicted molar refractivity (Wildman–Crippen MR) is 101 cm³/mol. The SMILES string of the molecule is CCOc1cc(C#N)cc(Br)c1OCC(=O)NC(C)Cc1ccsc1. The molecular formula is C18H19BrN2O3S. The maximum Gasteiger partial charge on any atom is 0.258 e. The standard InChI is InChI=1S/C18H19BrN2O3S/c1-3-23-16-8-14(9-20)7-15(19)18(16)24-10-17(22)21-12(2)6-13-4-5-25-11-13/h4-5,7-8,11-12H,3,6,10H2,1-2H3,(H,21,22). The largest absolute Gasteiger partial charge is 0.490 e. The molecule has 132 valence electrons. The van der Waals surface area contributed by atoms with E-state index in [4.69, 9.17) is 14.7 Å². The van der Waals surface area contributed by atoms with E-state index in [0.717, 1.165) is 6.42 Å². The van der Waals surface area contributed by atoms with Crippen LogP contribution in [0.2, 0.25) is 0 Å². The van der Waals surface area contributed by atoms with Crippen LogP contribution in [-0.2, 0) is 11.2 Å². The summed E-state index contributed by atoms with van der Waals surface area (Å²) in [7, 11) is 0. The summed E-state index contributed by atoms with van der Waals surface area (Å²) in [4.78, 5) is 12.1. The van der Waals surface area contributed by atoms with E-state index >= 15 is 0 Å². The lowest BCUT2D eigenvalue weighted by atomic mass is 10.1. The topological polar surface area (TPSA) is 71.3 Å². The Hall–Kier alpha value is -2.04. The average molecular weight is 423 g/mol. The van der Waals surface area contributed by atoms with Crippen molar-refractivity contribution in [2.75, 3.05) is 13.2 Å². The molecule has 1 amide bonds. The lowest BCUT2D eigenvalue weighted by Crippen LogP contribution is -2.37. The lowest BCUT2D eigenvalue weighted by Gasteiger charge is -2.16. The van der Waals surface area contributed by atoms with E-state index in [1.807, 2.05) is 25.3 Å². The second kappa shape index (κ2) is 9.44. The van der Waals surface area contributed by atoms with Gasteiger partial charge >= 0.3 is 0 Å². The number of nitrogens with zero attached hydrogens (tertiary/aromatic N) is 1. The third kappa shape index (κ3) is 5.76. The van der Waals surface area contributed by atoms with Crippen LogP contribution < -0.4 is 14.8 Å². The van der Waals surface area contributed by atoms with Gasteiger partial charge in [-0.25, -0.2) is 0 Å². The summed E-state index contributed by atoms with van der Waals surface area (Å²) in [6, 6.07) is 7.36. The second-order valence-corrected chi connectivity index (χ2v) is 7.06. The highest BCUT2D eigenvalue weighted by Gasteiger charge is 2.15. The molecule has 1 heterocycles. The zero-order valence-electron chi connectivity index (χ0n) is 14.0. The number of hydrogen-bond acceptors (Lipinski definition) is 5. The van der Waals surface area contributed by atoms with Crippen molar-refractivity contribution in [2.45, 2.75) is 26.3 Å². The molecule has 1 aromatic carbocycles. The van der Waals surface area contributed by atoms with E-state index in [1.165, 1.54) is 5.56 Å². The van der Waals surface area contributed by atoms with Crippen LogP contribution in [0.15, 0.2) is 33.4 Å². The predicted octanol–water partition coefficient (Wildman–Crippen LogP) is 3.91. The molecule has 0 aliphatic heterocycles. The molecule has 25 heavy (non-hydrogen) atoms. The molecule has 0 saturated heterocycles. The van der Waals surface area contributed by atoms with Crippen molar-refractivity contribution in [2.24, 2.45) is 0 Å². The van der Waals surface area contributed by atoms with Crippen molar-refractivity contribution in [1.82, 2.24) is 5.32 Å². The highest BCUT2D eigenvalue weighted by atomic mass is 79.9. The molecular weight excluding hydrogens is 404 g/mol. The Labute approximate surface area is 159 Å². The molecule has 0 fully saturated rings. The van der Waals surface area contributed by atoms with Gasteiger partial charge in [0.25, 0.3) is 5.91 Å². The van der Waals surface area contributed by atoms with Gasteiger partial charge in [0.1, 0.15) is 0 Å². The molecule has 0 aliphatic rings. The van der Waals surface area contributed by atoms with Gasteiger partial charge in [-0.05, 0) is 64.7 Å². The van der Waals surface area contributed by atoms with Gasteiger partial charge in [0.2, 0.25) is 0 Å². The molecule has 5 nitrogen and oxygen atoms in total. The number of nitrogens with one attached hydrogen (secondary N) is 1. The summed E-state index contributed by atoms with van der Waals surface area (Å²) in [5.74, 6) is 0.649. The van der Waals surface area contributed by atoms with Gasteiger partial charge in [0.05, 0.1) is 22.7 Å². The Morgan fingerprint density at radius 3 is 2.88 bits per heavy atom. The van der Waals surface area contributed by atoms with Crippen molar-refractivity contribution >= 4 is 33.2 Å². The smallest absolute Gasteiger partial charge is 0.258 e. The minimum Gasteiger partial charge on any atom is -0.490 e. The fraction of sp³-hybridized carbons (Fsp3) is 0.333. The Morgan fingerprint density at radius 1 is 1.44 bits per heavy atom. The van der Waals surface area contributed by atoms with Gasteiger partial charge in [-0.1, -0.05) is 0 Å². The van der Waals surface area contributed by atoms with Crippen molar-refractivity contribution in [3.8, 4) is 17.6 Å². The Kier molecular flexibility index (Phi) is 7.29. The molecule has 0 bridgehead atoms. The van der Waals surface area contributed by atoms with Gasteiger partial charge in [0, 0.05) is 12.1 Å². The van der Waals surface area contributed by atoms with Crippen LogP contribution in [-0.4, -0.2) is 25.2 Å². The third-order valence-corrected chi connectivity index (χ3v) is 4.64. The zero-order chi connectivity index (χ0) is 18.2. The molecule has 1 unspecified atom stereocenters. The van der Waals surface area contributed by atoms with E-state index in [-0.39, 0.29) is 18.6 Å². The van der Waals surface area contributed by atoms with Crippen LogP contribution in [0.5, 0.6) is 11.5 Å². The fourth-order valence-corrected chi connectivity index (χ4v) is 3.54. The molecule has 2 rings (SSSR count). The zero-order valence-corrected chi connectivity index (χ0v) is 16.4. The minimum absolute atomic E-state index is 0.0152. The summed E-state index contributed by atoms with van der Waals surface area (Å²) in [5.41, 5.74) is 1.66. The number of benzene rings is 1. The molecule has 0 saturated carbocycles. The Bertz CT molecular complexity index is 756. The number of ether oxygens (including phenoxy) is 2. The van der Waals surface area contributed by atoms with Gasteiger partial charge in [0.15, 0.2) is 18.1 Å². The van der Waals surface area contributed by atoms with E-state index in [9.17, 15) is 4.79 Å². The first kappa shape index (κ1) is 19.3. The number of amides is 1. The minimum atomic E-state index is -0.207. The van der Waals surface area contributed by atoms with Gasteiger partial charge < -0.3 is 14.8 Å². The number of carbonyl (C=O) groups excluding carboxylic acids is 1. The Morgan fingerprint density at radius 2 is 2.24 bits per heavy atom. The lowest BCUT2D eigenvalue weighted by molar-refractivity contribution is -0.123. The number of halogens is 1. The molecule has 0 aliphatic carbocycles. The molecule has 2 aromatic rings. The molecule has 0 radical (unpaired) electrons. The van der Waals surface area contributed by atoms with Crippen LogP contribution in [0, 0.1) is 11.3 Å². The second-order valence-electron chi connectivity index (χ2n) is 5.42. The quantitative estimate of drug-likeness (QED) is 0.699. The van der Waals surface area contributed by atoms with Crippen LogP contribution in [0.4, 0.5) is 0 Å². The van der Waals surface area contributed by atoms with Gasteiger partial charge in [-0.3, -0.25) is 4.79 Å². The summed E-state index contributed by atoms with van der Waals surface area (Å²) in [5, 5.41) is 16.0. The fourth-order valence-electron chi connectivity index (χ4n) is 2.30. The first-order valence-corrected chi connectivity index (χ1v) is 9.56. The molecule has 7 heteroatoms. The highest BCUT2D eigenvalue weighted by Crippen LogP contribution is 2.36. The number of thiophene rings is 1. The number of carbonyl (C=O) groups is 1. The van der Waals surface area contributed by atoms with Crippen LogP contribution in [0.3, 0.4) is 0 Å². The van der Waals surface area contributed by atoms with Crippen molar-refractivity contribution in [3.05, 3.63) is 44.6 Å². The Balaban J connectivity index is 1.95. The molecule has 1 N–H and O–H groups in total. The van der Waals surface area contributed by atoms with Crippen LogP contribution in [0.25, 0.3) is 0 Å². The van der Waals surface area contributed by atoms with E-state index in [1.54, 1.807) is 23.5 Å². The molecule has 1 atom stereocenters. The third-order valence-electron chi connectivity index (χ3n) is 3.32. The van der Waals surface area contributed by atoms with E-state index in [2.05, 4.69) is 32.7 Å². The van der Waals surface area contributed by atoms with E-state index < -0.39 is 0 Å². The van der Waals surface area contributed by atoms with Gasteiger partial charge in [-0.15, -0.1) is 0 Å². The van der Waals surface area contributed by atoms with Crippen molar-refractivity contribution in [1.29, 1.82) is 5.26 Å². The average Bonchev–Trinajstić information content (AvgIpc) is 3.06. The highest BCUT2D eigenvalue weighted by molar-refractivity contribution is 9.10. The molecule has 0 spiro atoms. The summed E-state index contributed by atoms with van der Waals surface area (Å²) < 4.78 is 11.7. The van der Waals surface area contributed by atoms with Crippen molar-refractivity contribution < 1.29 is 14.3 Å². The first-order valence-electron chi connectivity index (χ1n) is 7.83. The van der Waals surface area contributed by atoms with Crippen LogP contribution >= 0.6 is 27.3 Å². The number of nitriles is 1. The normalized spacial score (nSPS) is 11.4. The summed E-state index contributed by atoms with van der Waals surface area (Å²) in [6.07, 6.45) is 0.778. The monoisotopic (exact) mass is 422 g/mol. The van der Waals surface area contributed by atoms with E-state index in [0.29, 0.717) is 28.1 Å². The maximum atomic E-state index is 12.1. The maximum absolute atomic E-state index is 12.1. The van der Waals surface area contributed by atoms with Gasteiger partial charge in [-0.2, -0.15) is 16.6 Å². The van der Waals surface area contributed by atoms with Crippen LogP contribution in [0.1, 0.15) is 25.0 Å². The molecule has 1 aromatic heterocycles. The summed E-state index contributed by atoms with van der Waals surface area (Å²) >= 11 is 5.00. The number of hydrogen-bond donors (Lipinski definition) is 1.